The van der Waals surface area contributed by atoms with E-state index in [1.807, 2.05) is 13.8 Å². The molecule has 39 heavy (non-hydrogen) atoms. The van der Waals surface area contributed by atoms with E-state index in [0.29, 0.717) is 28.6 Å². The summed E-state index contributed by atoms with van der Waals surface area (Å²) in [6, 6.07) is 16.6. The van der Waals surface area contributed by atoms with Gasteiger partial charge in [0.15, 0.2) is 0 Å². The van der Waals surface area contributed by atoms with Crippen LogP contribution in [0.25, 0.3) is 0 Å². The minimum Gasteiger partial charge on any atom is -0.354 e. The Morgan fingerprint density at radius 3 is 2.23 bits per heavy atom. The van der Waals surface area contributed by atoms with E-state index in [9.17, 15) is 18.0 Å². The summed E-state index contributed by atoms with van der Waals surface area (Å²) in [6.45, 7) is 5.13. The first-order valence-corrected chi connectivity index (χ1v) is 14.9. The molecule has 0 spiro atoms. The lowest BCUT2D eigenvalue weighted by Gasteiger charge is -2.32. The van der Waals surface area contributed by atoms with Crippen LogP contribution in [0.3, 0.4) is 0 Å². The third kappa shape index (κ3) is 7.66. The van der Waals surface area contributed by atoms with Gasteiger partial charge in [0.1, 0.15) is 12.6 Å². The minimum absolute atomic E-state index is 0.00172. The van der Waals surface area contributed by atoms with Gasteiger partial charge in [0.25, 0.3) is 10.0 Å². The Balaban J connectivity index is 2.05. The normalized spacial score (nSPS) is 12.1. The maximum atomic E-state index is 13.9. The Bertz CT molecular complexity index is 1430. The van der Waals surface area contributed by atoms with Crippen LogP contribution in [0.4, 0.5) is 5.69 Å². The molecule has 1 unspecified atom stereocenters. The molecule has 0 aliphatic carbocycles. The SMILES string of the molecule is CCCNC(=O)C(C)N(Cc1ccc(Cl)cc1Cl)C(=O)CN(c1ccccc1Cl)S(=O)(=O)c1ccc(C)cc1. The van der Waals surface area contributed by atoms with Crippen LogP contribution in [-0.2, 0) is 26.2 Å². The van der Waals surface area contributed by atoms with E-state index >= 15 is 0 Å². The highest BCUT2D eigenvalue weighted by molar-refractivity contribution is 7.92. The number of anilines is 1. The van der Waals surface area contributed by atoms with Crippen LogP contribution >= 0.6 is 34.8 Å². The van der Waals surface area contributed by atoms with Crippen molar-refractivity contribution in [2.45, 2.75) is 44.7 Å². The second-order valence-corrected chi connectivity index (χ2v) is 12.1. The number of sulfonamides is 1. The number of para-hydroxylation sites is 1. The number of carbonyl (C=O) groups excluding carboxylic acids is 2. The van der Waals surface area contributed by atoms with E-state index in [4.69, 9.17) is 34.8 Å². The molecule has 0 aliphatic rings. The smallest absolute Gasteiger partial charge is 0.264 e. The topological polar surface area (TPSA) is 86.8 Å². The Kier molecular flexibility index (Phi) is 10.7. The molecule has 3 rings (SSSR count). The van der Waals surface area contributed by atoms with Gasteiger partial charge in [-0.15, -0.1) is 0 Å². The van der Waals surface area contributed by atoms with Crippen molar-refractivity contribution in [1.29, 1.82) is 0 Å². The number of nitrogens with one attached hydrogen (secondary N) is 1. The number of carbonyl (C=O) groups is 2. The van der Waals surface area contributed by atoms with Gasteiger partial charge in [-0.25, -0.2) is 8.42 Å². The van der Waals surface area contributed by atoms with Crippen molar-refractivity contribution in [3.05, 3.63) is 92.9 Å². The lowest BCUT2D eigenvalue weighted by atomic mass is 10.1. The van der Waals surface area contributed by atoms with Crippen LogP contribution < -0.4 is 9.62 Å². The number of halogens is 3. The molecular formula is C28H30Cl3N3O4S. The molecule has 0 fully saturated rings. The number of benzene rings is 3. The maximum absolute atomic E-state index is 13.9. The maximum Gasteiger partial charge on any atom is 0.264 e. The first-order valence-electron chi connectivity index (χ1n) is 12.3. The van der Waals surface area contributed by atoms with Crippen LogP contribution in [0.5, 0.6) is 0 Å². The zero-order valence-corrected chi connectivity index (χ0v) is 24.9. The lowest BCUT2D eigenvalue weighted by molar-refractivity contribution is -0.139. The molecule has 0 bridgehead atoms. The van der Waals surface area contributed by atoms with Crippen molar-refractivity contribution in [1.82, 2.24) is 10.2 Å². The summed E-state index contributed by atoms with van der Waals surface area (Å²) in [5.41, 5.74) is 1.57. The summed E-state index contributed by atoms with van der Waals surface area (Å²) in [5.74, 6) is -0.989. The molecule has 1 atom stereocenters. The first kappa shape index (κ1) is 30.8. The highest BCUT2D eigenvalue weighted by atomic mass is 35.5. The fourth-order valence-electron chi connectivity index (χ4n) is 3.82. The summed E-state index contributed by atoms with van der Waals surface area (Å²) >= 11 is 18.8. The van der Waals surface area contributed by atoms with Gasteiger partial charge in [0.2, 0.25) is 11.8 Å². The van der Waals surface area contributed by atoms with Crippen molar-refractivity contribution in [2.24, 2.45) is 0 Å². The van der Waals surface area contributed by atoms with Crippen molar-refractivity contribution < 1.29 is 18.0 Å². The average Bonchev–Trinajstić information content (AvgIpc) is 2.90. The zero-order chi connectivity index (χ0) is 28.7. The van der Waals surface area contributed by atoms with E-state index in [-0.39, 0.29) is 28.1 Å². The number of nitrogens with zero attached hydrogens (tertiary/aromatic N) is 2. The summed E-state index contributed by atoms with van der Waals surface area (Å²) in [4.78, 5) is 28.1. The fraction of sp³-hybridized carbons (Fsp3) is 0.286. The number of aryl methyl sites for hydroxylation is 1. The molecule has 0 radical (unpaired) electrons. The standard InChI is InChI=1S/C28H30Cl3N3O4S/c1-4-15-32-28(36)20(3)33(17-21-11-12-22(29)16-25(21)31)27(35)18-34(26-8-6-5-7-24(26)30)39(37,38)23-13-9-19(2)10-14-23/h5-14,16,20H,4,15,17-18H2,1-3H3,(H,32,36). The molecule has 3 aromatic carbocycles. The molecule has 7 nitrogen and oxygen atoms in total. The number of amides is 2. The van der Waals surface area contributed by atoms with Gasteiger partial charge in [0, 0.05) is 23.1 Å². The van der Waals surface area contributed by atoms with Crippen molar-refractivity contribution in [2.75, 3.05) is 17.4 Å². The number of hydrogen-bond donors (Lipinski definition) is 1. The van der Waals surface area contributed by atoms with E-state index in [0.717, 1.165) is 9.87 Å². The minimum atomic E-state index is -4.21. The van der Waals surface area contributed by atoms with Crippen molar-refractivity contribution in [3.63, 3.8) is 0 Å². The second-order valence-electron chi connectivity index (χ2n) is 9.00. The molecule has 2 amide bonds. The third-order valence-corrected chi connectivity index (χ3v) is 8.76. The zero-order valence-electron chi connectivity index (χ0n) is 21.8. The van der Waals surface area contributed by atoms with Gasteiger partial charge >= 0.3 is 0 Å². The predicted molar refractivity (Wildman–Crippen MR) is 157 cm³/mol. The van der Waals surface area contributed by atoms with Crippen LogP contribution in [0.15, 0.2) is 71.6 Å². The summed E-state index contributed by atoms with van der Waals surface area (Å²) < 4.78 is 28.6. The van der Waals surface area contributed by atoms with Gasteiger partial charge in [-0.3, -0.25) is 13.9 Å². The van der Waals surface area contributed by atoms with E-state index < -0.39 is 28.5 Å². The fourth-order valence-corrected chi connectivity index (χ4v) is 6.01. The molecule has 208 valence electrons. The monoisotopic (exact) mass is 609 g/mol. The van der Waals surface area contributed by atoms with Crippen LogP contribution in [-0.4, -0.2) is 44.3 Å². The molecular weight excluding hydrogens is 581 g/mol. The molecule has 0 aromatic heterocycles. The number of hydrogen-bond acceptors (Lipinski definition) is 4. The van der Waals surface area contributed by atoms with Gasteiger partial charge in [0.05, 0.1) is 15.6 Å². The van der Waals surface area contributed by atoms with Gasteiger partial charge in [-0.1, -0.05) is 77.6 Å². The molecule has 0 saturated heterocycles. The molecule has 3 aromatic rings. The average molecular weight is 611 g/mol. The Morgan fingerprint density at radius 1 is 0.949 bits per heavy atom. The third-order valence-electron chi connectivity index (χ3n) is 6.08. The molecule has 11 heteroatoms. The second kappa shape index (κ2) is 13.5. The van der Waals surface area contributed by atoms with Crippen molar-refractivity contribution in [3.8, 4) is 0 Å². The molecule has 0 heterocycles. The molecule has 0 saturated carbocycles. The summed E-state index contributed by atoms with van der Waals surface area (Å²) in [5, 5.41) is 3.68. The summed E-state index contributed by atoms with van der Waals surface area (Å²) in [7, 11) is -4.21. The molecule has 1 N–H and O–H groups in total. The van der Waals surface area contributed by atoms with Crippen LogP contribution in [0.1, 0.15) is 31.4 Å². The van der Waals surface area contributed by atoms with E-state index in [2.05, 4.69) is 5.32 Å². The van der Waals surface area contributed by atoms with Gasteiger partial charge in [-0.05, 0) is 62.2 Å². The molecule has 0 aliphatic heterocycles. The van der Waals surface area contributed by atoms with E-state index in [1.165, 1.54) is 23.1 Å². The number of rotatable bonds is 11. The highest BCUT2D eigenvalue weighted by Gasteiger charge is 2.33. The van der Waals surface area contributed by atoms with Crippen LogP contribution in [0.2, 0.25) is 15.1 Å². The largest absolute Gasteiger partial charge is 0.354 e. The Hall–Kier alpha value is -2.78. The highest BCUT2D eigenvalue weighted by Crippen LogP contribution is 2.31. The van der Waals surface area contributed by atoms with Crippen molar-refractivity contribution >= 4 is 62.3 Å². The first-order chi connectivity index (χ1) is 18.4. The summed E-state index contributed by atoms with van der Waals surface area (Å²) in [6.07, 6.45) is 0.713. The van der Waals surface area contributed by atoms with Crippen LogP contribution in [0, 0.1) is 6.92 Å². The quantitative estimate of drug-likeness (QED) is 0.285. The lowest BCUT2D eigenvalue weighted by Crippen LogP contribution is -2.51. The van der Waals surface area contributed by atoms with Gasteiger partial charge in [-0.2, -0.15) is 0 Å². The predicted octanol–water partition coefficient (Wildman–Crippen LogP) is 6.09. The van der Waals surface area contributed by atoms with Gasteiger partial charge < -0.3 is 10.2 Å². The Morgan fingerprint density at radius 2 is 1.62 bits per heavy atom. The van der Waals surface area contributed by atoms with E-state index in [1.54, 1.807) is 55.5 Å². The Labute approximate surface area is 244 Å².